The minimum atomic E-state index is -4.80. The SMILES string of the molecule is CCOCCCNC(=O)c1ccc(/C(=C/C(=N)C(F)(F)F)Nc2ccccc2Cl)cc1. The molecule has 2 aromatic carbocycles. The fraction of sp³-hybridized carbons (Fsp3) is 0.273. The molecule has 1 amide bonds. The van der Waals surface area contributed by atoms with Crippen LogP contribution >= 0.6 is 11.6 Å². The number of benzene rings is 2. The van der Waals surface area contributed by atoms with Crippen LogP contribution in [0.5, 0.6) is 0 Å². The van der Waals surface area contributed by atoms with Crippen LogP contribution in [0.25, 0.3) is 5.70 Å². The largest absolute Gasteiger partial charge is 0.432 e. The topological polar surface area (TPSA) is 74.2 Å². The zero-order valence-electron chi connectivity index (χ0n) is 16.9. The van der Waals surface area contributed by atoms with E-state index in [2.05, 4.69) is 10.6 Å². The smallest absolute Gasteiger partial charge is 0.382 e. The lowest BCUT2D eigenvalue weighted by atomic mass is 10.1. The normalized spacial score (nSPS) is 11.8. The molecule has 0 aliphatic rings. The Morgan fingerprint density at radius 3 is 2.39 bits per heavy atom. The number of halogens is 4. The summed E-state index contributed by atoms with van der Waals surface area (Å²) in [5, 5.41) is 13.2. The molecule has 2 aromatic rings. The van der Waals surface area contributed by atoms with Gasteiger partial charge in [-0.3, -0.25) is 10.2 Å². The fourth-order valence-electron chi connectivity index (χ4n) is 2.55. The molecule has 31 heavy (non-hydrogen) atoms. The van der Waals surface area contributed by atoms with Crippen LogP contribution in [0.2, 0.25) is 5.02 Å². The molecule has 0 aliphatic heterocycles. The minimum Gasteiger partial charge on any atom is -0.382 e. The number of rotatable bonds is 10. The monoisotopic (exact) mass is 453 g/mol. The van der Waals surface area contributed by atoms with E-state index in [9.17, 15) is 18.0 Å². The van der Waals surface area contributed by atoms with Crippen LogP contribution in [0.3, 0.4) is 0 Å². The Hall–Kier alpha value is -2.84. The van der Waals surface area contributed by atoms with Crippen molar-refractivity contribution >= 4 is 34.6 Å². The van der Waals surface area contributed by atoms with Gasteiger partial charge in [0.25, 0.3) is 5.91 Å². The maximum absolute atomic E-state index is 12.9. The molecule has 0 saturated carbocycles. The number of para-hydroxylation sites is 1. The second-order valence-electron chi connectivity index (χ2n) is 6.46. The summed E-state index contributed by atoms with van der Waals surface area (Å²) in [5.74, 6) is -0.296. The van der Waals surface area contributed by atoms with Gasteiger partial charge in [0, 0.05) is 31.0 Å². The predicted octanol–water partition coefficient (Wildman–Crippen LogP) is 5.53. The molecule has 0 saturated heterocycles. The van der Waals surface area contributed by atoms with E-state index in [4.69, 9.17) is 21.7 Å². The zero-order valence-corrected chi connectivity index (χ0v) is 17.6. The Kier molecular flexibility index (Phi) is 9.08. The Labute approximate surface area is 183 Å². The molecular formula is C22H23ClF3N3O2. The summed E-state index contributed by atoms with van der Waals surface area (Å²) < 4.78 is 44.0. The second-order valence-corrected chi connectivity index (χ2v) is 6.87. The van der Waals surface area contributed by atoms with Crippen molar-refractivity contribution in [2.75, 3.05) is 25.1 Å². The van der Waals surface area contributed by atoms with Crippen LogP contribution in [0.15, 0.2) is 54.6 Å². The first-order chi connectivity index (χ1) is 14.7. The number of nitrogens with one attached hydrogen (secondary N) is 3. The van der Waals surface area contributed by atoms with Crippen LogP contribution in [-0.4, -0.2) is 37.6 Å². The van der Waals surface area contributed by atoms with Gasteiger partial charge in [-0.15, -0.1) is 0 Å². The average molecular weight is 454 g/mol. The lowest BCUT2D eigenvalue weighted by Gasteiger charge is -2.15. The summed E-state index contributed by atoms with van der Waals surface area (Å²) >= 11 is 6.10. The van der Waals surface area contributed by atoms with Crippen LogP contribution in [-0.2, 0) is 4.74 Å². The molecule has 0 fully saturated rings. The highest BCUT2D eigenvalue weighted by Crippen LogP contribution is 2.27. The quantitative estimate of drug-likeness (QED) is 0.327. The van der Waals surface area contributed by atoms with Crippen LogP contribution in [0.1, 0.15) is 29.3 Å². The highest BCUT2D eigenvalue weighted by atomic mass is 35.5. The van der Waals surface area contributed by atoms with Gasteiger partial charge >= 0.3 is 6.18 Å². The lowest BCUT2D eigenvalue weighted by Crippen LogP contribution is -2.25. The van der Waals surface area contributed by atoms with Crippen molar-refractivity contribution in [3.8, 4) is 0 Å². The minimum absolute atomic E-state index is 0.0269. The summed E-state index contributed by atoms with van der Waals surface area (Å²) in [7, 11) is 0. The summed E-state index contributed by atoms with van der Waals surface area (Å²) in [6.45, 7) is 3.49. The van der Waals surface area contributed by atoms with Gasteiger partial charge < -0.3 is 15.4 Å². The van der Waals surface area contributed by atoms with E-state index in [1.165, 1.54) is 24.3 Å². The molecule has 0 heterocycles. The highest BCUT2D eigenvalue weighted by molar-refractivity contribution is 6.33. The molecular weight excluding hydrogens is 431 g/mol. The van der Waals surface area contributed by atoms with Crippen molar-refractivity contribution in [2.45, 2.75) is 19.5 Å². The van der Waals surface area contributed by atoms with Crippen LogP contribution in [0.4, 0.5) is 18.9 Å². The maximum atomic E-state index is 12.9. The number of carbonyl (C=O) groups excluding carboxylic acids is 1. The van der Waals surface area contributed by atoms with Crippen LogP contribution < -0.4 is 10.6 Å². The molecule has 0 bridgehead atoms. The molecule has 9 heteroatoms. The molecule has 2 rings (SSSR count). The Morgan fingerprint density at radius 2 is 1.77 bits per heavy atom. The van der Waals surface area contributed by atoms with Gasteiger partial charge in [0.05, 0.1) is 10.7 Å². The lowest BCUT2D eigenvalue weighted by molar-refractivity contribution is -0.0583. The fourth-order valence-corrected chi connectivity index (χ4v) is 2.73. The molecule has 0 aromatic heterocycles. The van der Waals surface area contributed by atoms with Gasteiger partial charge in [-0.25, -0.2) is 0 Å². The van der Waals surface area contributed by atoms with Crippen molar-refractivity contribution in [2.24, 2.45) is 0 Å². The molecule has 166 valence electrons. The Morgan fingerprint density at radius 1 is 1.13 bits per heavy atom. The molecule has 0 aliphatic carbocycles. The van der Waals surface area contributed by atoms with Crippen LogP contribution in [0, 0.1) is 5.41 Å². The number of alkyl halides is 3. The van der Waals surface area contributed by atoms with Gasteiger partial charge in [-0.2, -0.15) is 13.2 Å². The maximum Gasteiger partial charge on any atom is 0.432 e. The van der Waals surface area contributed by atoms with E-state index in [0.717, 1.165) is 0 Å². The first-order valence-corrected chi connectivity index (χ1v) is 9.95. The number of anilines is 1. The van der Waals surface area contributed by atoms with Crippen molar-refractivity contribution < 1.29 is 22.7 Å². The van der Waals surface area contributed by atoms with Gasteiger partial charge in [-0.1, -0.05) is 35.9 Å². The molecule has 3 N–H and O–H groups in total. The molecule has 0 atom stereocenters. The van der Waals surface area contributed by atoms with Gasteiger partial charge in [-0.05, 0) is 49.2 Å². The second kappa shape index (κ2) is 11.5. The summed E-state index contributed by atoms with van der Waals surface area (Å²) in [4.78, 5) is 12.2. The Bertz CT molecular complexity index is 928. The number of allylic oxidation sites excluding steroid dienone is 1. The first kappa shape index (κ1) is 24.4. The van der Waals surface area contributed by atoms with Crippen molar-refractivity contribution in [3.05, 3.63) is 70.8 Å². The predicted molar refractivity (Wildman–Crippen MR) is 117 cm³/mol. The summed E-state index contributed by atoms with van der Waals surface area (Å²) in [6.07, 6.45) is -3.44. The van der Waals surface area contributed by atoms with Crippen molar-refractivity contribution in [3.63, 3.8) is 0 Å². The molecule has 0 radical (unpaired) electrons. The van der Waals surface area contributed by atoms with E-state index >= 15 is 0 Å². The molecule has 0 spiro atoms. The number of hydrogen-bond acceptors (Lipinski definition) is 4. The van der Waals surface area contributed by atoms with Crippen molar-refractivity contribution in [1.29, 1.82) is 5.41 Å². The third-order valence-electron chi connectivity index (χ3n) is 4.15. The van der Waals surface area contributed by atoms with E-state index < -0.39 is 11.9 Å². The standard InChI is InChI=1S/C22H23ClF3N3O2/c1-2-31-13-5-12-28-21(30)16-10-8-15(9-11-16)19(14-20(27)22(24,25)26)29-18-7-4-3-6-17(18)23/h3-4,6-11,14,27,29H,2,5,12-13H2,1H3,(H,28,30)/b19-14-,27-20?. The number of hydrogen-bond donors (Lipinski definition) is 3. The summed E-state index contributed by atoms with van der Waals surface area (Å²) in [6, 6.07) is 12.6. The highest BCUT2D eigenvalue weighted by Gasteiger charge is 2.33. The molecule has 5 nitrogen and oxygen atoms in total. The van der Waals surface area contributed by atoms with E-state index in [1.54, 1.807) is 24.3 Å². The van der Waals surface area contributed by atoms with E-state index in [-0.39, 0.29) is 11.6 Å². The third-order valence-corrected chi connectivity index (χ3v) is 4.48. The van der Waals surface area contributed by atoms with Crippen molar-refractivity contribution in [1.82, 2.24) is 5.32 Å². The number of ether oxygens (including phenoxy) is 1. The van der Waals surface area contributed by atoms with Gasteiger partial charge in [0.2, 0.25) is 0 Å². The third kappa shape index (κ3) is 7.73. The Balaban J connectivity index is 2.20. The summed E-state index contributed by atoms with van der Waals surface area (Å²) in [5.41, 5.74) is -0.372. The number of amides is 1. The number of carbonyl (C=O) groups is 1. The van der Waals surface area contributed by atoms with E-state index in [0.29, 0.717) is 54.1 Å². The first-order valence-electron chi connectivity index (χ1n) is 9.57. The van der Waals surface area contributed by atoms with Gasteiger partial charge in [0.1, 0.15) is 5.71 Å². The zero-order chi connectivity index (χ0) is 22.9. The average Bonchev–Trinajstić information content (AvgIpc) is 2.74. The molecule has 0 unspecified atom stereocenters. The van der Waals surface area contributed by atoms with Gasteiger partial charge in [0.15, 0.2) is 0 Å². The van der Waals surface area contributed by atoms with E-state index in [1.807, 2.05) is 6.92 Å².